The Bertz CT molecular complexity index is 1800. The third-order valence-electron chi connectivity index (χ3n) is 6.84. The molecule has 2 N–H and O–H groups in total. The average Bonchev–Trinajstić information content (AvgIpc) is 3.46. The SMILES string of the molecule is COc1ccc(-c2cncc(N[C@@H](C)c3cccc(NC(=O)c4cc(-n5cnc(C)c5)cc(C(F)(F)F)c4)c3)n2)cc1OC. The molecule has 2 heterocycles. The Balaban J connectivity index is 1.34. The summed E-state index contributed by atoms with van der Waals surface area (Å²) >= 11 is 0. The average molecular weight is 603 g/mol. The number of amides is 1. The first-order valence-corrected chi connectivity index (χ1v) is 13.5. The van der Waals surface area contributed by atoms with Gasteiger partial charge in [-0.2, -0.15) is 13.2 Å². The van der Waals surface area contributed by atoms with Gasteiger partial charge in [-0.25, -0.2) is 9.97 Å². The Kier molecular flexibility index (Phi) is 8.52. The highest BCUT2D eigenvalue weighted by atomic mass is 19.4. The van der Waals surface area contributed by atoms with Crippen LogP contribution in [0, 0.1) is 6.92 Å². The second-order valence-corrected chi connectivity index (χ2v) is 9.99. The van der Waals surface area contributed by atoms with Crippen molar-refractivity contribution < 1.29 is 27.4 Å². The fourth-order valence-corrected chi connectivity index (χ4v) is 4.58. The normalized spacial score (nSPS) is 12.0. The summed E-state index contributed by atoms with van der Waals surface area (Å²) in [4.78, 5) is 26.2. The van der Waals surface area contributed by atoms with Crippen molar-refractivity contribution in [3.8, 4) is 28.4 Å². The van der Waals surface area contributed by atoms with Gasteiger partial charge in [0.15, 0.2) is 11.5 Å². The first-order valence-electron chi connectivity index (χ1n) is 13.5. The second kappa shape index (κ2) is 12.5. The predicted molar refractivity (Wildman–Crippen MR) is 160 cm³/mol. The van der Waals surface area contributed by atoms with E-state index in [2.05, 4.69) is 25.6 Å². The standard InChI is InChI=1S/C32H29F3N6O3/c1-19-17-41(18-37-19)26-12-23(10-24(14-26)32(33,34)35)31(42)39-25-7-5-6-21(11-25)20(2)38-30-16-36-15-27(40-30)22-8-9-28(43-3)29(13-22)44-4/h5-18,20H,1-4H3,(H,38,40)(H,39,42)/t20-/m0/s1. The third kappa shape index (κ3) is 6.80. The lowest BCUT2D eigenvalue weighted by Gasteiger charge is -2.17. The van der Waals surface area contributed by atoms with Crippen LogP contribution in [0.15, 0.2) is 85.6 Å². The number of aromatic nitrogens is 4. The van der Waals surface area contributed by atoms with Crippen molar-refractivity contribution in [1.29, 1.82) is 0 Å². The monoisotopic (exact) mass is 602 g/mol. The Morgan fingerprint density at radius 3 is 2.48 bits per heavy atom. The van der Waals surface area contributed by atoms with Crippen LogP contribution in [-0.4, -0.2) is 39.6 Å². The minimum Gasteiger partial charge on any atom is -0.493 e. The minimum absolute atomic E-state index is 0.139. The number of hydrogen-bond donors (Lipinski definition) is 2. The van der Waals surface area contributed by atoms with E-state index in [4.69, 9.17) is 9.47 Å². The largest absolute Gasteiger partial charge is 0.493 e. The number of benzene rings is 3. The summed E-state index contributed by atoms with van der Waals surface area (Å²) in [6.45, 7) is 3.64. The van der Waals surface area contributed by atoms with Crippen molar-refractivity contribution in [1.82, 2.24) is 19.5 Å². The lowest BCUT2D eigenvalue weighted by atomic mass is 10.1. The number of anilines is 2. The number of methoxy groups -OCH3 is 2. The first kappa shape index (κ1) is 30.1. The molecule has 0 spiro atoms. The van der Waals surface area contributed by atoms with E-state index in [-0.39, 0.29) is 17.3 Å². The Morgan fingerprint density at radius 1 is 0.977 bits per heavy atom. The molecule has 12 heteroatoms. The number of nitrogens with one attached hydrogen (secondary N) is 2. The molecule has 0 aliphatic heterocycles. The van der Waals surface area contributed by atoms with Gasteiger partial charge in [-0.15, -0.1) is 0 Å². The number of ether oxygens (including phenoxy) is 2. The maximum Gasteiger partial charge on any atom is 0.416 e. The van der Waals surface area contributed by atoms with Gasteiger partial charge < -0.3 is 24.7 Å². The van der Waals surface area contributed by atoms with Gasteiger partial charge in [0, 0.05) is 28.7 Å². The quantitative estimate of drug-likeness (QED) is 0.186. The van der Waals surface area contributed by atoms with Crippen LogP contribution >= 0.6 is 0 Å². The maximum atomic E-state index is 13.7. The van der Waals surface area contributed by atoms with Crippen LogP contribution in [0.4, 0.5) is 24.7 Å². The molecule has 1 atom stereocenters. The van der Waals surface area contributed by atoms with Gasteiger partial charge in [-0.05, 0) is 67.9 Å². The van der Waals surface area contributed by atoms with Crippen molar-refractivity contribution in [2.24, 2.45) is 0 Å². The number of halogens is 3. The molecule has 5 rings (SSSR count). The predicted octanol–water partition coefficient (Wildman–Crippen LogP) is 7.10. The van der Waals surface area contributed by atoms with Crippen molar-refractivity contribution in [2.45, 2.75) is 26.1 Å². The van der Waals surface area contributed by atoms with Crippen LogP contribution in [0.1, 0.15) is 40.1 Å². The summed E-state index contributed by atoms with van der Waals surface area (Å²) in [5.41, 5.74) is 2.37. The van der Waals surface area contributed by atoms with Gasteiger partial charge in [0.25, 0.3) is 5.91 Å². The molecule has 0 bridgehead atoms. The van der Waals surface area contributed by atoms with Crippen molar-refractivity contribution in [2.75, 3.05) is 24.9 Å². The number of rotatable bonds is 9. The molecule has 9 nitrogen and oxygen atoms in total. The van der Waals surface area contributed by atoms with Gasteiger partial charge in [-0.3, -0.25) is 9.78 Å². The molecule has 0 aliphatic rings. The highest BCUT2D eigenvalue weighted by Crippen LogP contribution is 2.33. The summed E-state index contributed by atoms with van der Waals surface area (Å²) in [6.07, 6.45) is 1.59. The molecule has 0 saturated carbocycles. The highest BCUT2D eigenvalue weighted by molar-refractivity contribution is 6.04. The fraction of sp³-hybridized carbons (Fsp3) is 0.188. The van der Waals surface area contributed by atoms with E-state index in [0.29, 0.717) is 34.4 Å². The van der Waals surface area contributed by atoms with E-state index in [0.717, 1.165) is 23.3 Å². The van der Waals surface area contributed by atoms with Gasteiger partial charge in [0.1, 0.15) is 5.82 Å². The van der Waals surface area contributed by atoms with Crippen molar-refractivity contribution in [3.63, 3.8) is 0 Å². The molecule has 2 aromatic heterocycles. The zero-order valence-electron chi connectivity index (χ0n) is 24.3. The number of nitrogens with zero attached hydrogens (tertiary/aromatic N) is 4. The van der Waals surface area contributed by atoms with Crippen LogP contribution in [0.5, 0.6) is 11.5 Å². The Labute approximate surface area is 251 Å². The molecule has 44 heavy (non-hydrogen) atoms. The second-order valence-electron chi connectivity index (χ2n) is 9.99. The van der Waals surface area contributed by atoms with Crippen molar-refractivity contribution >= 4 is 17.4 Å². The lowest BCUT2D eigenvalue weighted by molar-refractivity contribution is -0.137. The Hall–Kier alpha value is -5.39. The molecule has 1 amide bonds. The summed E-state index contributed by atoms with van der Waals surface area (Å²) in [6, 6.07) is 15.4. The summed E-state index contributed by atoms with van der Waals surface area (Å²) < 4.78 is 53.2. The number of carbonyl (C=O) groups excluding carboxylic acids is 1. The van der Waals surface area contributed by atoms with Gasteiger partial charge in [-0.1, -0.05) is 12.1 Å². The van der Waals surface area contributed by atoms with E-state index < -0.39 is 17.6 Å². The van der Waals surface area contributed by atoms with Crippen molar-refractivity contribution in [3.05, 3.63) is 108 Å². The van der Waals surface area contributed by atoms with Gasteiger partial charge >= 0.3 is 6.18 Å². The fourth-order valence-electron chi connectivity index (χ4n) is 4.58. The third-order valence-corrected chi connectivity index (χ3v) is 6.84. The molecule has 0 aliphatic carbocycles. The summed E-state index contributed by atoms with van der Waals surface area (Å²) in [5.74, 6) is 1.00. The van der Waals surface area contributed by atoms with Crippen LogP contribution in [-0.2, 0) is 6.18 Å². The van der Waals surface area contributed by atoms with Gasteiger partial charge in [0.05, 0.1) is 55.9 Å². The molecule has 5 aromatic rings. The van der Waals surface area contributed by atoms with E-state index in [1.807, 2.05) is 25.1 Å². The molecule has 226 valence electrons. The molecule has 3 aromatic carbocycles. The van der Waals surface area contributed by atoms with E-state index >= 15 is 0 Å². The zero-order valence-corrected chi connectivity index (χ0v) is 24.3. The molecule has 0 radical (unpaired) electrons. The number of carbonyl (C=O) groups is 1. The molecule has 0 fully saturated rings. The van der Waals surface area contributed by atoms with E-state index in [1.54, 1.807) is 64.0 Å². The topological polar surface area (TPSA) is 103 Å². The molecule has 0 unspecified atom stereocenters. The molecular formula is C32H29F3N6O3. The van der Waals surface area contributed by atoms with E-state index in [1.165, 1.54) is 17.0 Å². The molecular weight excluding hydrogens is 573 g/mol. The van der Waals surface area contributed by atoms with Gasteiger partial charge in [0.2, 0.25) is 0 Å². The summed E-state index contributed by atoms with van der Waals surface area (Å²) in [5, 5.41) is 6.03. The molecule has 0 saturated heterocycles. The number of aryl methyl sites for hydroxylation is 1. The highest BCUT2D eigenvalue weighted by Gasteiger charge is 2.32. The summed E-state index contributed by atoms with van der Waals surface area (Å²) in [7, 11) is 3.12. The zero-order chi connectivity index (χ0) is 31.4. The van der Waals surface area contributed by atoms with Crippen LogP contribution in [0.3, 0.4) is 0 Å². The van der Waals surface area contributed by atoms with Crippen LogP contribution in [0.25, 0.3) is 16.9 Å². The smallest absolute Gasteiger partial charge is 0.416 e. The first-order chi connectivity index (χ1) is 21.0. The van der Waals surface area contributed by atoms with Crippen LogP contribution < -0.4 is 20.1 Å². The maximum absolute atomic E-state index is 13.7. The van der Waals surface area contributed by atoms with E-state index in [9.17, 15) is 18.0 Å². The van der Waals surface area contributed by atoms with Crippen LogP contribution in [0.2, 0.25) is 0 Å². The number of hydrogen-bond acceptors (Lipinski definition) is 7. The number of alkyl halides is 3. The number of imidazole rings is 1. The lowest BCUT2D eigenvalue weighted by Crippen LogP contribution is -2.15. The minimum atomic E-state index is -4.64. The Morgan fingerprint density at radius 2 is 1.77 bits per heavy atom.